The average Bonchev–Trinajstić information content (AvgIpc) is 2.81. The van der Waals surface area contributed by atoms with Gasteiger partial charge >= 0.3 is 0 Å². The van der Waals surface area contributed by atoms with Crippen molar-refractivity contribution in [2.75, 3.05) is 24.3 Å². The van der Waals surface area contributed by atoms with E-state index < -0.39 is 0 Å². The van der Waals surface area contributed by atoms with Gasteiger partial charge < -0.3 is 10.2 Å². The summed E-state index contributed by atoms with van der Waals surface area (Å²) in [5.41, 5.74) is 2.09. The lowest BCUT2D eigenvalue weighted by atomic mass is 10.1. The van der Waals surface area contributed by atoms with Gasteiger partial charge in [-0.3, -0.25) is 9.48 Å². The van der Waals surface area contributed by atoms with Gasteiger partial charge in [-0.1, -0.05) is 0 Å². The molecule has 0 aliphatic carbocycles. The molecular formula is C16H23N5O. The van der Waals surface area contributed by atoms with E-state index in [2.05, 4.69) is 15.4 Å². The molecule has 0 aliphatic heterocycles. The minimum Gasteiger partial charge on any atom is -0.376 e. The molecule has 0 unspecified atom stereocenters. The van der Waals surface area contributed by atoms with Crippen LogP contribution in [0.2, 0.25) is 0 Å². The topological polar surface area (TPSA) is 63.1 Å². The molecule has 0 saturated heterocycles. The standard InChI is InChI=1S/C16H23N5O/c1-11-13(10-21(19-11)16(2,3)4)15(22)18-14-8-7-12(9-17-14)20(5)6/h7-10H,1-6H3,(H,17,18,22). The first-order valence-electron chi connectivity index (χ1n) is 7.20. The second-order valence-corrected chi connectivity index (χ2v) is 6.49. The van der Waals surface area contributed by atoms with Gasteiger partial charge in [-0.15, -0.1) is 0 Å². The van der Waals surface area contributed by atoms with Gasteiger partial charge in [0, 0.05) is 20.3 Å². The van der Waals surface area contributed by atoms with Crippen molar-refractivity contribution in [2.24, 2.45) is 0 Å². The fraction of sp³-hybridized carbons (Fsp3) is 0.438. The highest BCUT2D eigenvalue weighted by Gasteiger charge is 2.20. The summed E-state index contributed by atoms with van der Waals surface area (Å²) in [6, 6.07) is 3.70. The Labute approximate surface area is 131 Å². The number of anilines is 2. The van der Waals surface area contributed by atoms with Crippen molar-refractivity contribution in [3.05, 3.63) is 35.8 Å². The smallest absolute Gasteiger partial charge is 0.260 e. The summed E-state index contributed by atoms with van der Waals surface area (Å²) in [6.07, 6.45) is 3.50. The molecule has 0 atom stereocenters. The minimum atomic E-state index is -0.196. The van der Waals surface area contributed by atoms with Gasteiger partial charge in [0.1, 0.15) is 5.82 Å². The molecule has 0 aliphatic rings. The first-order chi connectivity index (χ1) is 10.2. The Bertz CT molecular complexity index is 665. The van der Waals surface area contributed by atoms with Crippen LogP contribution < -0.4 is 10.2 Å². The lowest BCUT2D eigenvalue weighted by Crippen LogP contribution is -2.22. The number of rotatable bonds is 3. The highest BCUT2D eigenvalue weighted by atomic mass is 16.1. The molecule has 0 fully saturated rings. The Hall–Kier alpha value is -2.37. The molecule has 2 heterocycles. The predicted octanol–water partition coefficient (Wildman–Crippen LogP) is 2.66. The van der Waals surface area contributed by atoms with E-state index in [1.807, 2.05) is 52.8 Å². The molecule has 6 nitrogen and oxygen atoms in total. The molecule has 22 heavy (non-hydrogen) atoms. The third kappa shape index (κ3) is 3.44. The summed E-state index contributed by atoms with van der Waals surface area (Å²) >= 11 is 0. The Morgan fingerprint density at radius 2 is 1.95 bits per heavy atom. The molecule has 0 aromatic carbocycles. The number of hydrogen-bond donors (Lipinski definition) is 1. The number of nitrogens with zero attached hydrogens (tertiary/aromatic N) is 4. The zero-order chi connectivity index (χ0) is 16.5. The van der Waals surface area contributed by atoms with Crippen LogP contribution in [0.3, 0.4) is 0 Å². The maximum absolute atomic E-state index is 12.4. The Morgan fingerprint density at radius 3 is 2.41 bits per heavy atom. The summed E-state index contributed by atoms with van der Waals surface area (Å²) in [5, 5.41) is 7.22. The van der Waals surface area contributed by atoms with Crippen molar-refractivity contribution in [2.45, 2.75) is 33.2 Å². The number of carbonyl (C=O) groups is 1. The molecule has 0 radical (unpaired) electrons. The highest BCUT2D eigenvalue weighted by molar-refractivity contribution is 6.04. The molecule has 1 amide bonds. The Morgan fingerprint density at radius 1 is 1.27 bits per heavy atom. The normalized spacial score (nSPS) is 11.4. The Balaban J connectivity index is 2.17. The summed E-state index contributed by atoms with van der Waals surface area (Å²) in [5.74, 6) is 0.330. The number of amides is 1. The van der Waals surface area contributed by atoms with Crippen LogP contribution in [0.4, 0.5) is 11.5 Å². The fourth-order valence-electron chi connectivity index (χ4n) is 1.93. The fourth-order valence-corrected chi connectivity index (χ4v) is 1.93. The second-order valence-electron chi connectivity index (χ2n) is 6.49. The van der Waals surface area contributed by atoms with E-state index in [1.54, 1.807) is 23.1 Å². The van der Waals surface area contributed by atoms with Crippen molar-refractivity contribution in [1.82, 2.24) is 14.8 Å². The molecule has 2 rings (SSSR count). The van der Waals surface area contributed by atoms with Crippen LogP contribution in [0.1, 0.15) is 36.8 Å². The van der Waals surface area contributed by atoms with Crippen molar-refractivity contribution in [3.8, 4) is 0 Å². The van der Waals surface area contributed by atoms with Crippen LogP contribution in [0.25, 0.3) is 0 Å². The van der Waals surface area contributed by atoms with E-state index >= 15 is 0 Å². The van der Waals surface area contributed by atoms with Gasteiger partial charge in [-0.25, -0.2) is 4.98 Å². The van der Waals surface area contributed by atoms with Gasteiger partial charge in [0.25, 0.3) is 5.91 Å². The van der Waals surface area contributed by atoms with E-state index in [0.29, 0.717) is 17.1 Å². The molecule has 2 aromatic rings. The number of aromatic nitrogens is 3. The van der Waals surface area contributed by atoms with E-state index in [4.69, 9.17) is 0 Å². The predicted molar refractivity (Wildman–Crippen MR) is 88.5 cm³/mol. The molecule has 118 valence electrons. The van der Waals surface area contributed by atoms with Gasteiger partial charge in [0.05, 0.1) is 28.7 Å². The summed E-state index contributed by atoms with van der Waals surface area (Å²) in [4.78, 5) is 18.6. The SMILES string of the molecule is Cc1nn(C(C)(C)C)cc1C(=O)Nc1ccc(N(C)C)cn1. The molecular weight excluding hydrogens is 278 g/mol. The van der Waals surface area contributed by atoms with Crippen LogP contribution in [-0.2, 0) is 5.54 Å². The lowest BCUT2D eigenvalue weighted by molar-refractivity contribution is 0.102. The quantitative estimate of drug-likeness (QED) is 0.946. The van der Waals surface area contributed by atoms with E-state index in [9.17, 15) is 4.79 Å². The zero-order valence-corrected chi connectivity index (χ0v) is 14.0. The second kappa shape index (κ2) is 5.79. The van der Waals surface area contributed by atoms with Crippen molar-refractivity contribution >= 4 is 17.4 Å². The van der Waals surface area contributed by atoms with Gasteiger partial charge in [-0.2, -0.15) is 5.10 Å². The number of aryl methyl sites for hydroxylation is 1. The van der Waals surface area contributed by atoms with Crippen LogP contribution in [0, 0.1) is 6.92 Å². The summed E-state index contributed by atoms with van der Waals surface area (Å²) < 4.78 is 1.81. The summed E-state index contributed by atoms with van der Waals surface area (Å²) in [6.45, 7) is 7.97. The number of carbonyl (C=O) groups excluding carboxylic acids is 1. The van der Waals surface area contributed by atoms with E-state index in [0.717, 1.165) is 5.69 Å². The van der Waals surface area contributed by atoms with Crippen LogP contribution >= 0.6 is 0 Å². The number of hydrogen-bond acceptors (Lipinski definition) is 4. The zero-order valence-electron chi connectivity index (χ0n) is 14.0. The largest absolute Gasteiger partial charge is 0.376 e. The van der Waals surface area contributed by atoms with Gasteiger partial charge in [-0.05, 0) is 39.8 Å². The van der Waals surface area contributed by atoms with Gasteiger partial charge in [0.2, 0.25) is 0 Å². The van der Waals surface area contributed by atoms with Crippen molar-refractivity contribution in [1.29, 1.82) is 0 Å². The third-order valence-electron chi connectivity index (χ3n) is 3.34. The molecule has 6 heteroatoms. The summed E-state index contributed by atoms with van der Waals surface area (Å²) in [7, 11) is 3.89. The average molecular weight is 301 g/mol. The first kappa shape index (κ1) is 16.0. The van der Waals surface area contributed by atoms with Crippen molar-refractivity contribution < 1.29 is 4.79 Å². The number of pyridine rings is 1. The molecule has 1 N–H and O–H groups in total. The molecule has 0 bridgehead atoms. The maximum Gasteiger partial charge on any atom is 0.260 e. The van der Waals surface area contributed by atoms with E-state index in [-0.39, 0.29) is 11.4 Å². The molecule has 0 saturated carbocycles. The third-order valence-corrected chi connectivity index (χ3v) is 3.34. The first-order valence-corrected chi connectivity index (χ1v) is 7.20. The monoisotopic (exact) mass is 301 g/mol. The lowest BCUT2D eigenvalue weighted by Gasteiger charge is -2.18. The molecule has 2 aromatic heterocycles. The Kier molecular flexibility index (Phi) is 4.21. The van der Waals surface area contributed by atoms with Crippen LogP contribution in [-0.4, -0.2) is 34.8 Å². The van der Waals surface area contributed by atoms with E-state index in [1.165, 1.54) is 0 Å². The maximum atomic E-state index is 12.4. The minimum absolute atomic E-state index is 0.158. The highest BCUT2D eigenvalue weighted by Crippen LogP contribution is 2.18. The van der Waals surface area contributed by atoms with Crippen molar-refractivity contribution in [3.63, 3.8) is 0 Å². The van der Waals surface area contributed by atoms with Crippen LogP contribution in [0.15, 0.2) is 24.5 Å². The van der Waals surface area contributed by atoms with Gasteiger partial charge in [0.15, 0.2) is 0 Å². The number of nitrogens with one attached hydrogen (secondary N) is 1. The van der Waals surface area contributed by atoms with Crippen LogP contribution in [0.5, 0.6) is 0 Å². The molecule has 0 spiro atoms.